The molecule has 0 N–H and O–H groups in total. The molecule has 0 spiro atoms. The van der Waals surface area contributed by atoms with Gasteiger partial charge in [0.05, 0.1) is 0 Å². The Kier molecular flexibility index (Phi) is 4.20. The monoisotopic (exact) mass is 242 g/mol. The van der Waals surface area contributed by atoms with Crippen LogP contribution in [0.1, 0.15) is 17.3 Å². The van der Waals surface area contributed by atoms with Crippen molar-refractivity contribution in [2.75, 3.05) is 12.9 Å². The Hall–Kier alpha value is -1.20. The average molecular weight is 242 g/mol. The van der Waals surface area contributed by atoms with Gasteiger partial charge in [-0.05, 0) is 6.92 Å². The Balaban J connectivity index is 3.02. The molecule has 0 aliphatic carbocycles. The molecule has 1 unspecified atom stereocenters. The van der Waals surface area contributed by atoms with Crippen LogP contribution in [0.5, 0.6) is 0 Å². The van der Waals surface area contributed by atoms with E-state index < -0.39 is 21.1 Å². The molecule has 0 aliphatic heterocycles. The second kappa shape index (κ2) is 5.23. The number of sulfone groups is 1. The number of carbonyl (C=O) groups excluding carboxylic acids is 1. The van der Waals surface area contributed by atoms with E-state index in [9.17, 15) is 13.2 Å². The van der Waals surface area contributed by atoms with Gasteiger partial charge in [0.25, 0.3) is 0 Å². The third-order valence-electron chi connectivity index (χ3n) is 1.98. The van der Waals surface area contributed by atoms with Gasteiger partial charge in [-0.25, -0.2) is 8.42 Å². The fourth-order valence-corrected chi connectivity index (χ4v) is 2.19. The second-order valence-corrected chi connectivity index (χ2v) is 5.43. The standard InChI is InChI=1S/C11H14O4S/c1-3-15-11(16(2,13)14)10(12)9-7-5-4-6-8-9/h4-8,11H,3H2,1-2H3. The lowest BCUT2D eigenvalue weighted by atomic mass is 10.1. The summed E-state index contributed by atoms with van der Waals surface area (Å²) in [5, 5.41) is 0. The summed E-state index contributed by atoms with van der Waals surface area (Å²) >= 11 is 0. The molecule has 1 atom stereocenters. The van der Waals surface area contributed by atoms with E-state index in [4.69, 9.17) is 4.74 Å². The minimum atomic E-state index is -3.55. The zero-order chi connectivity index (χ0) is 12.2. The van der Waals surface area contributed by atoms with Crippen LogP contribution in [0.15, 0.2) is 30.3 Å². The third kappa shape index (κ3) is 3.15. The van der Waals surface area contributed by atoms with Gasteiger partial charge >= 0.3 is 0 Å². The molecule has 0 bridgehead atoms. The predicted molar refractivity (Wildman–Crippen MR) is 61.0 cm³/mol. The van der Waals surface area contributed by atoms with E-state index in [0.29, 0.717) is 5.56 Å². The number of hydrogen-bond donors (Lipinski definition) is 0. The summed E-state index contributed by atoms with van der Waals surface area (Å²) in [6.45, 7) is 1.83. The quantitative estimate of drug-likeness (QED) is 0.730. The number of hydrogen-bond acceptors (Lipinski definition) is 4. The zero-order valence-electron chi connectivity index (χ0n) is 9.21. The Morgan fingerprint density at radius 3 is 2.31 bits per heavy atom. The van der Waals surface area contributed by atoms with Crippen molar-refractivity contribution >= 4 is 15.6 Å². The van der Waals surface area contributed by atoms with Gasteiger partial charge < -0.3 is 4.74 Å². The summed E-state index contributed by atoms with van der Waals surface area (Å²) in [5.41, 5.74) is -1.06. The Morgan fingerprint density at radius 2 is 1.88 bits per heavy atom. The highest BCUT2D eigenvalue weighted by atomic mass is 32.2. The van der Waals surface area contributed by atoms with Crippen molar-refractivity contribution in [3.63, 3.8) is 0 Å². The van der Waals surface area contributed by atoms with E-state index in [0.717, 1.165) is 6.26 Å². The average Bonchev–Trinajstić information content (AvgIpc) is 2.25. The van der Waals surface area contributed by atoms with Crippen molar-refractivity contribution in [1.29, 1.82) is 0 Å². The molecule has 0 heterocycles. The highest BCUT2D eigenvalue weighted by Gasteiger charge is 2.29. The van der Waals surface area contributed by atoms with Crippen LogP contribution < -0.4 is 0 Å². The van der Waals surface area contributed by atoms with Gasteiger partial charge in [-0.15, -0.1) is 0 Å². The molecule has 1 rings (SSSR count). The molecular formula is C11H14O4S. The Morgan fingerprint density at radius 1 is 1.31 bits per heavy atom. The molecule has 0 aliphatic rings. The van der Waals surface area contributed by atoms with Crippen LogP contribution in [0, 0.1) is 0 Å². The third-order valence-corrected chi connectivity index (χ3v) is 3.11. The highest BCUT2D eigenvalue weighted by Crippen LogP contribution is 2.11. The SMILES string of the molecule is CCOC(C(=O)c1ccccc1)S(C)(=O)=O. The largest absolute Gasteiger partial charge is 0.355 e. The van der Waals surface area contributed by atoms with Crippen LogP contribution in [-0.2, 0) is 14.6 Å². The van der Waals surface area contributed by atoms with Crippen LogP contribution in [0.25, 0.3) is 0 Å². The highest BCUT2D eigenvalue weighted by molar-refractivity contribution is 7.91. The number of rotatable bonds is 5. The van der Waals surface area contributed by atoms with E-state index in [1.807, 2.05) is 0 Å². The first-order chi connectivity index (χ1) is 7.46. The molecule has 0 fully saturated rings. The number of ether oxygens (including phenoxy) is 1. The fraction of sp³-hybridized carbons (Fsp3) is 0.364. The van der Waals surface area contributed by atoms with Crippen LogP contribution >= 0.6 is 0 Å². The van der Waals surface area contributed by atoms with Crippen molar-refractivity contribution in [2.24, 2.45) is 0 Å². The first-order valence-corrected chi connectivity index (χ1v) is 6.82. The fourth-order valence-electron chi connectivity index (χ4n) is 1.28. The van der Waals surface area contributed by atoms with Crippen LogP contribution in [0.2, 0.25) is 0 Å². The predicted octanol–water partition coefficient (Wildman–Crippen LogP) is 1.28. The summed E-state index contributed by atoms with van der Waals surface area (Å²) in [7, 11) is -3.55. The maximum Gasteiger partial charge on any atom is 0.221 e. The van der Waals surface area contributed by atoms with Gasteiger partial charge in [0, 0.05) is 18.4 Å². The van der Waals surface area contributed by atoms with Gasteiger partial charge in [-0.2, -0.15) is 0 Å². The lowest BCUT2D eigenvalue weighted by Crippen LogP contribution is -2.32. The van der Waals surface area contributed by atoms with Crippen molar-refractivity contribution in [3.8, 4) is 0 Å². The van der Waals surface area contributed by atoms with Gasteiger partial charge in [0.15, 0.2) is 9.84 Å². The second-order valence-electron chi connectivity index (χ2n) is 3.35. The van der Waals surface area contributed by atoms with Gasteiger partial charge in [-0.3, -0.25) is 4.79 Å². The van der Waals surface area contributed by atoms with E-state index in [1.54, 1.807) is 37.3 Å². The first-order valence-electron chi connectivity index (χ1n) is 4.86. The molecule has 1 aromatic carbocycles. The molecule has 1 aromatic rings. The molecule has 0 aromatic heterocycles. The van der Waals surface area contributed by atoms with Crippen molar-refractivity contribution < 1.29 is 17.9 Å². The minimum absolute atomic E-state index is 0.177. The van der Waals surface area contributed by atoms with Gasteiger partial charge in [0.2, 0.25) is 11.2 Å². The maximum atomic E-state index is 11.9. The molecule has 0 radical (unpaired) electrons. The smallest absolute Gasteiger partial charge is 0.221 e. The molecule has 16 heavy (non-hydrogen) atoms. The normalized spacial score (nSPS) is 13.4. The number of benzene rings is 1. The summed E-state index contributed by atoms with van der Waals surface area (Å²) < 4.78 is 27.8. The Bertz CT molecular complexity index is 450. The van der Waals surface area contributed by atoms with E-state index >= 15 is 0 Å². The number of ketones is 1. The van der Waals surface area contributed by atoms with Gasteiger partial charge in [0.1, 0.15) is 0 Å². The summed E-state index contributed by atoms with van der Waals surface area (Å²) in [6.07, 6.45) is 0.994. The van der Waals surface area contributed by atoms with Crippen molar-refractivity contribution in [1.82, 2.24) is 0 Å². The lowest BCUT2D eigenvalue weighted by Gasteiger charge is -2.13. The van der Waals surface area contributed by atoms with Crippen LogP contribution in [-0.4, -0.2) is 32.5 Å². The maximum absolute atomic E-state index is 11.9. The van der Waals surface area contributed by atoms with Gasteiger partial charge in [-0.1, -0.05) is 30.3 Å². The molecule has 5 heteroatoms. The summed E-state index contributed by atoms with van der Waals surface area (Å²) in [4.78, 5) is 11.9. The van der Waals surface area contributed by atoms with Crippen molar-refractivity contribution in [3.05, 3.63) is 35.9 Å². The summed E-state index contributed by atoms with van der Waals surface area (Å²) in [6, 6.07) is 8.25. The molecule has 4 nitrogen and oxygen atoms in total. The minimum Gasteiger partial charge on any atom is -0.355 e. The molecule has 0 amide bonds. The van der Waals surface area contributed by atoms with E-state index in [2.05, 4.69) is 0 Å². The number of Topliss-reactive ketones (excluding diaryl/α,β-unsaturated/α-hetero) is 1. The van der Waals surface area contributed by atoms with Crippen LogP contribution in [0.3, 0.4) is 0 Å². The Labute approximate surface area is 95.2 Å². The van der Waals surface area contributed by atoms with E-state index in [1.165, 1.54) is 0 Å². The lowest BCUT2D eigenvalue weighted by molar-refractivity contribution is 0.0687. The van der Waals surface area contributed by atoms with Crippen molar-refractivity contribution in [2.45, 2.75) is 12.4 Å². The van der Waals surface area contributed by atoms with Crippen LogP contribution in [0.4, 0.5) is 0 Å². The topological polar surface area (TPSA) is 60.4 Å². The molecule has 0 saturated carbocycles. The first kappa shape index (κ1) is 12.9. The molecule has 88 valence electrons. The molecule has 0 saturated heterocycles. The van der Waals surface area contributed by atoms with E-state index in [-0.39, 0.29) is 6.61 Å². The zero-order valence-corrected chi connectivity index (χ0v) is 10.0. The molecular weight excluding hydrogens is 228 g/mol. The number of carbonyl (C=O) groups is 1. The summed E-state index contributed by atoms with van der Waals surface area (Å²) in [5.74, 6) is -0.523.